The first-order valence-electron chi connectivity index (χ1n) is 4.47. The summed E-state index contributed by atoms with van der Waals surface area (Å²) in [6, 6.07) is 7.90. The third-order valence-corrected chi connectivity index (χ3v) is 2.55. The topological polar surface area (TPSA) is 0 Å². The Morgan fingerprint density at radius 3 is 2.69 bits per heavy atom. The summed E-state index contributed by atoms with van der Waals surface area (Å²) in [7, 11) is 0. The van der Waals surface area contributed by atoms with Gasteiger partial charge in [-0.2, -0.15) is 0 Å². The quantitative estimate of drug-likeness (QED) is 0.638. The molecular formula is C12H13Cl. The Morgan fingerprint density at radius 1 is 1.46 bits per heavy atom. The van der Waals surface area contributed by atoms with Gasteiger partial charge in [0, 0.05) is 11.4 Å². The molecule has 1 unspecified atom stereocenters. The second-order valence-electron chi connectivity index (χ2n) is 3.03. The summed E-state index contributed by atoms with van der Waals surface area (Å²) in [6.07, 6.45) is 7.10. The SMILES string of the molecule is C#CCC(CC)c1ccccc1Cl. The van der Waals surface area contributed by atoms with Crippen LogP contribution in [-0.2, 0) is 0 Å². The van der Waals surface area contributed by atoms with E-state index in [2.05, 4.69) is 12.8 Å². The van der Waals surface area contributed by atoms with E-state index >= 15 is 0 Å². The lowest BCUT2D eigenvalue weighted by Crippen LogP contribution is -1.96. The minimum absolute atomic E-state index is 0.402. The lowest BCUT2D eigenvalue weighted by Gasteiger charge is -2.13. The highest BCUT2D eigenvalue weighted by Crippen LogP contribution is 2.28. The molecular weight excluding hydrogens is 180 g/mol. The highest BCUT2D eigenvalue weighted by Gasteiger charge is 2.10. The van der Waals surface area contributed by atoms with Crippen molar-refractivity contribution in [1.29, 1.82) is 0 Å². The monoisotopic (exact) mass is 192 g/mol. The van der Waals surface area contributed by atoms with Crippen molar-refractivity contribution in [3.05, 3.63) is 34.9 Å². The average molecular weight is 193 g/mol. The van der Waals surface area contributed by atoms with Gasteiger partial charge in [0.1, 0.15) is 0 Å². The van der Waals surface area contributed by atoms with Gasteiger partial charge in [-0.05, 0) is 24.0 Å². The zero-order chi connectivity index (χ0) is 9.68. The van der Waals surface area contributed by atoms with E-state index in [0.29, 0.717) is 5.92 Å². The molecule has 68 valence electrons. The molecule has 0 aliphatic rings. The number of rotatable bonds is 3. The van der Waals surface area contributed by atoms with E-state index in [9.17, 15) is 0 Å². The number of halogens is 1. The van der Waals surface area contributed by atoms with Crippen LogP contribution in [0.2, 0.25) is 5.02 Å². The molecule has 0 aromatic heterocycles. The van der Waals surface area contributed by atoms with E-state index in [-0.39, 0.29) is 0 Å². The van der Waals surface area contributed by atoms with Gasteiger partial charge in [0.2, 0.25) is 0 Å². The molecule has 0 spiro atoms. The van der Waals surface area contributed by atoms with E-state index in [1.54, 1.807) is 0 Å². The third-order valence-electron chi connectivity index (χ3n) is 2.20. The molecule has 1 rings (SSSR count). The summed E-state index contributed by atoms with van der Waals surface area (Å²) in [6.45, 7) is 2.13. The van der Waals surface area contributed by atoms with E-state index in [4.69, 9.17) is 18.0 Å². The van der Waals surface area contributed by atoms with Crippen LogP contribution in [0.15, 0.2) is 24.3 Å². The first-order valence-corrected chi connectivity index (χ1v) is 4.85. The van der Waals surface area contributed by atoms with Gasteiger partial charge in [-0.1, -0.05) is 36.7 Å². The van der Waals surface area contributed by atoms with Crippen LogP contribution in [0, 0.1) is 12.3 Å². The van der Waals surface area contributed by atoms with Crippen LogP contribution in [-0.4, -0.2) is 0 Å². The van der Waals surface area contributed by atoms with Crippen LogP contribution in [0.5, 0.6) is 0 Å². The fourth-order valence-corrected chi connectivity index (χ4v) is 1.71. The Bertz CT molecular complexity index is 309. The van der Waals surface area contributed by atoms with Crippen molar-refractivity contribution in [1.82, 2.24) is 0 Å². The van der Waals surface area contributed by atoms with Crippen molar-refractivity contribution in [2.24, 2.45) is 0 Å². The van der Waals surface area contributed by atoms with Gasteiger partial charge in [0.25, 0.3) is 0 Å². The number of benzene rings is 1. The predicted octanol–water partition coefficient (Wildman–Crippen LogP) is 3.86. The minimum Gasteiger partial charge on any atom is -0.120 e. The van der Waals surface area contributed by atoms with Crippen molar-refractivity contribution in [3.8, 4) is 12.3 Å². The molecule has 0 heterocycles. The minimum atomic E-state index is 0.402. The molecule has 0 aliphatic carbocycles. The standard InChI is InChI=1S/C12H13Cl/c1-3-7-10(4-2)11-8-5-6-9-12(11)13/h1,5-6,8-10H,4,7H2,2H3. The van der Waals surface area contributed by atoms with Crippen LogP contribution in [0.1, 0.15) is 31.2 Å². The predicted molar refractivity (Wildman–Crippen MR) is 57.9 cm³/mol. The van der Waals surface area contributed by atoms with Crippen LogP contribution in [0.3, 0.4) is 0 Å². The number of hydrogen-bond donors (Lipinski definition) is 0. The largest absolute Gasteiger partial charge is 0.120 e. The van der Waals surface area contributed by atoms with Gasteiger partial charge >= 0.3 is 0 Å². The molecule has 1 atom stereocenters. The molecule has 13 heavy (non-hydrogen) atoms. The van der Waals surface area contributed by atoms with Crippen LogP contribution in [0.25, 0.3) is 0 Å². The second-order valence-corrected chi connectivity index (χ2v) is 3.44. The van der Waals surface area contributed by atoms with Gasteiger partial charge in [0.05, 0.1) is 0 Å². The zero-order valence-electron chi connectivity index (χ0n) is 7.76. The lowest BCUT2D eigenvalue weighted by molar-refractivity contribution is 0.685. The van der Waals surface area contributed by atoms with E-state index < -0.39 is 0 Å². The highest BCUT2D eigenvalue weighted by atomic mass is 35.5. The Balaban J connectivity index is 2.92. The Hall–Kier alpha value is -0.930. The molecule has 0 nitrogen and oxygen atoms in total. The fourth-order valence-electron chi connectivity index (χ4n) is 1.42. The van der Waals surface area contributed by atoms with Gasteiger partial charge in [-0.15, -0.1) is 12.3 Å². The Kier molecular flexibility index (Phi) is 3.86. The first-order chi connectivity index (χ1) is 6.29. The summed E-state index contributed by atoms with van der Waals surface area (Å²) >= 11 is 6.06. The van der Waals surface area contributed by atoms with Gasteiger partial charge in [-0.25, -0.2) is 0 Å². The average Bonchev–Trinajstić information content (AvgIpc) is 2.16. The lowest BCUT2D eigenvalue weighted by atomic mass is 9.94. The maximum absolute atomic E-state index is 6.06. The van der Waals surface area contributed by atoms with Crippen LogP contribution in [0.4, 0.5) is 0 Å². The Labute approximate surface area is 84.9 Å². The molecule has 0 amide bonds. The molecule has 0 fully saturated rings. The molecule has 0 N–H and O–H groups in total. The molecule has 1 aromatic carbocycles. The van der Waals surface area contributed by atoms with Crippen molar-refractivity contribution in [2.45, 2.75) is 25.7 Å². The summed E-state index contributed by atoms with van der Waals surface area (Å²) < 4.78 is 0. The second kappa shape index (κ2) is 4.94. The van der Waals surface area contributed by atoms with Crippen molar-refractivity contribution in [3.63, 3.8) is 0 Å². The molecule has 0 saturated heterocycles. The molecule has 0 bridgehead atoms. The first kappa shape index (κ1) is 10.2. The van der Waals surface area contributed by atoms with E-state index in [0.717, 1.165) is 17.9 Å². The molecule has 0 aliphatic heterocycles. The fraction of sp³-hybridized carbons (Fsp3) is 0.333. The molecule has 0 radical (unpaired) electrons. The Morgan fingerprint density at radius 2 is 2.15 bits per heavy atom. The summed E-state index contributed by atoms with van der Waals surface area (Å²) in [4.78, 5) is 0. The summed E-state index contributed by atoms with van der Waals surface area (Å²) in [5, 5.41) is 0.824. The van der Waals surface area contributed by atoms with Crippen LogP contribution >= 0.6 is 11.6 Å². The van der Waals surface area contributed by atoms with E-state index in [1.165, 1.54) is 5.56 Å². The maximum atomic E-state index is 6.06. The number of terminal acetylenes is 1. The summed E-state index contributed by atoms with van der Waals surface area (Å²) in [5.74, 6) is 3.09. The van der Waals surface area contributed by atoms with Gasteiger partial charge in [-0.3, -0.25) is 0 Å². The zero-order valence-corrected chi connectivity index (χ0v) is 8.51. The molecule has 1 heteroatoms. The number of hydrogen-bond acceptors (Lipinski definition) is 0. The summed E-state index contributed by atoms with van der Waals surface area (Å²) in [5.41, 5.74) is 1.17. The van der Waals surface area contributed by atoms with Gasteiger partial charge in [0.15, 0.2) is 0 Å². The van der Waals surface area contributed by atoms with Crippen molar-refractivity contribution in [2.75, 3.05) is 0 Å². The van der Waals surface area contributed by atoms with Gasteiger partial charge < -0.3 is 0 Å². The third kappa shape index (κ3) is 2.50. The molecule has 0 saturated carbocycles. The normalized spacial score (nSPS) is 12.1. The van der Waals surface area contributed by atoms with Crippen molar-refractivity contribution < 1.29 is 0 Å². The van der Waals surface area contributed by atoms with E-state index in [1.807, 2.05) is 24.3 Å². The molecule has 1 aromatic rings. The van der Waals surface area contributed by atoms with Crippen molar-refractivity contribution >= 4 is 11.6 Å². The maximum Gasteiger partial charge on any atom is 0.0441 e. The smallest absolute Gasteiger partial charge is 0.0441 e. The van der Waals surface area contributed by atoms with Crippen LogP contribution < -0.4 is 0 Å². The highest BCUT2D eigenvalue weighted by molar-refractivity contribution is 6.31.